The highest BCUT2D eigenvalue weighted by molar-refractivity contribution is 4.89. The lowest BCUT2D eigenvalue weighted by atomic mass is 9.82. The van der Waals surface area contributed by atoms with Gasteiger partial charge in [-0.1, -0.05) is 0 Å². The van der Waals surface area contributed by atoms with E-state index in [1.165, 1.54) is 0 Å². The average Bonchev–Trinajstić information content (AvgIpc) is 2.19. The largest absolute Gasteiger partial charge is 0.378 e. The quantitative estimate of drug-likeness (QED) is 0.660. The van der Waals surface area contributed by atoms with E-state index in [9.17, 15) is 0 Å². The van der Waals surface area contributed by atoms with Crippen molar-refractivity contribution in [2.24, 2.45) is 11.7 Å². The van der Waals surface area contributed by atoms with Gasteiger partial charge in [0.2, 0.25) is 0 Å². The molecule has 0 amide bonds. The lowest BCUT2D eigenvalue weighted by molar-refractivity contribution is -0.161. The molecule has 0 aromatic heterocycles. The third-order valence-electron chi connectivity index (χ3n) is 3.21. The Morgan fingerprint density at radius 3 is 3.00 bits per heavy atom. The Morgan fingerprint density at radius 2 is 2.31 bits per heavy atom. The van der Waals surface area contributed by atoms with Crippen molar-refractivity contribution < 1.29 is 9.47 Å². The van der Waals surface area contributed by atoms with Crippen molar-refractivity contribution in [3.8, 4) is 0 Å². The van der Waals surface area contributed by atoms with E-state index in [1.807, 2.05) is 0 Å². The zero-order valence-corrected chi connectivity index (χ0v) is 8.13. The molecule has 2 heterocycles. The second-order valence-corrected chi connectivity index (χ2v) is 4.28. The minimum Gasteiger partial charge on any atom is -0.378 e. The van der Waals surface area contributed by atoms with Gasteiger partial charge in [-0.25, -0.2) is 0 Å². The summed E-state index contributed by atoms with van der Waals surface area (Å²) in [6.07, 6.45) is 4.52. The highest BCUT2D eigenvalue weighted by Crippen LogP contribution is 2.35. The molecule has 3 heteroatoms. The zero-order valence-electron chi connectivity index (χ0n) is 8.13. The van der Waals surface area contributed by atoms with Crippen LogP contribution in [0.4, 0.5) is 0 Å². The van der Waals surface area contributed by atoms with Gasteiger partial charge < -0.3 is 15.2 Å². The lowest BCUT2D eigenvalue weighted by Crippen LogP contribution is -2.47. The van der Waals surface area contributed by atoms with Crippen LogP contribution in [0, 0.1) is 5.92 Å². The van der Waals surface area contributed by atoms with Gasteiger partial charge in [0.1, 0.15) is 0 Å². The Bertz CT molecular complexity index is 161. The first-order valence-corrected chi connectivity index (χ1v) is 5.26. The van der Waals surface area contributed by atoms with E-state index in [0.29, 0.717) is 5.92 Å². The molecule has 2 rings (SSSR count). The van der Waals surface area contributed by atoms with Gasteiger partial charge in [-0.05, 0) is 38.1 Å². The fourth-order valence-corrected chi connectivity index (χ4v) is 2.43. The van der Waals surface area contributed by atoms with Gasteiger partial charge >= 0.3 is 0 Å². The number of nitrogens with two attached hydrogens (primary N) is 1. The summed E-state index contributed by atoms with van der Waals surface area (Å²) in [6.45, 7) is 3.35. The van der Waals surface area contributed by atoms with E-state index in [2.05, 4.69) is 0 Å². The fourth-order valence-electron chi connectivity index (χ4n) is 2.43. The SMILES string of the molecule is NCC1CCOC2(CCCOC2)C1. The van der Waals surface area contributed by atoms with E-state index in [-0.39, 0.29) is 5.60 Å². The predicted molar refractivity (Wildman–Crippen MR) is 50.5 cm³/mol. The van der Waals surface area contributed by atoms with Crippen molar-refractivity contribution in [3.05, 3.63) is 0 Å². The third-order valence-corrected chi connectivity index (χ3v) is 3.21. The van der Waals surface area contributed by atoms with Crippen LogP contribution in [0.1, 0.15) is 25.7 Å². The summed E-state index contributed by atoms with van der Waals surface area (Å²) in [6, 6.07) is 0. The van der Waals surface area contributed by atoms with Crippen molar-refractivity contribution in [2.45, 2.75) is 31.3 Å². The van der Waals surface area contributed by atoms with Gasteiger partial charge in [-0.2, -0.15) is 0 Å². The molecule has 2 saturated heterocycles. The van der Waals surface area contributed by atoms with Crippen LogP contribution in [-0.4, -0.2) is 32.0 Å². The lowest BCUT2D eigenvalue weighted by Gasteiger charge is -2.42. The van der Waals surface area contributed by atoms with Crippen molar-refractivity contribution in [3.63, 3.8) is 0 Å². The molecule has 76 valence electrons. The van der Waals surface area contributed by atoms with Crippen LogP contribution < -0.4 is 5.73 Å². The minimum absolute atomic E-state index is 0.0283. The standard InChI is InChI=1S/C10H19NO2/c11-7-9-2-5-13-10(6-9)3-1-4-12-8-10/h9H,1-8,11H2. The molecule has 0 aromatic carbocycles. The van der Waals surface area contributed by atoms with Crippen molar-refractivity contribution >= 4 is 0 Å². The van der Waals surface area contributed by atoms with E-state index >= 15 is 0 Å². The van der Waals surface area contributed by atoms with Gasteiger partial charge in [-0.15, -0.1) is 0 Å². The first-order valence-electron chi connectivity index (χ1n) is 5.26. The molecule has 0 radical (unpaired) electrons. The van der Waals surface area contributed by atoms with Crippen LogP contribution in [-0.2, 0) is 9.47 Å². The Balaban J connectivity index is 1.95. The molecule has 0 saturated carbocycles. The maximum absolute atomic E-state index is 5.86. The topological polar surface area (TPSA) is 44.5 Å². The third kappa shape index (κ3) is 2.03. The van der Waals surface area contributed by atoms with E-state index in [4.69, 9.17) is 15.2 Å². The van der Waals surface area contributed by atoms with E-state index in [1.54, 1.807) is 0 Å². The molecule has 2 unspecified atom stereocenters. The Labute approximate surface area is 79.6 Å². The first kappa shape index (κ1) is 9.44. The molecule has 2 N–H and O–H groups in total. The van der Waals surface area contributed by atoms with Crippen LogP contribution in [0.3, 0.4) is 0 Å². The highest BCUT2D eigenvalue weighted by Gasteiger charge is 2.38. The molecule has 1 spiro atoms. The fraction of sp³-hybridized carbons (Fsp3) is 1.00. The van der Waals surface area contributed by atoms with Crippen LogP contribution >= 0.6 is 0 Å². The molecular formula is C10H19NO2. The second-order valence-electron chi connectivity index (χ2n) is 4.28. The van der Waals surface area contributed by atoms with Crippen LogP contribution in [0.5, 0.6) is 0 Å². The smallest absolute Gasteiger partial charge is 0.0918 e. The number of ether oxygens (including phenoxy) is 2. The summed E-state index contributed by atoms with van der Waals surface area (Å²) in [5, 5.41) is 0. The van der Waals surface area contributed by atoms with E-state index in [0.717, 1.165) is 52.0 Å². The zero-order chi connectivity index (χ0) is 9.15. The molecule has 13 heavy (non-hydrogen) atoms. The van der Waals surface area contributed by atoms with Gasteiger partial charge in [0.05, 0.1) is 12.2 Å². The molecule has 2 aliphatic rings. The first-order chi connectivity index (χ1) is 6.35. The van der Waals surface area contributed by atoms with Gasteiger partial charge in [0.15, 0.2) is 0 Å². The van der Waals surface area contributed by atoms with Crippen LogP contribution in [0.2, 0.25) is 0 Å². The monoisotopic (exact) mass is 185 g/mol. The van der Waals surface area contributed by atoms with Crippen LogP contribution in [0.25, 0.3) is 0 Å². The van der Waals surface area contributed by atoms with Gasteiger partial charge in [-0.3, -0.25) is 0 Å². The molecule has 3 nitrogen and oxygen atoms in total. The molecule has 2 fully saturated rings. The number of hydrogen-bond donors (Lipinski definition) is 1. The van der Waals surface area contributed by atoms with Crippen molar-refractivity contribution in [1.29, 1.82) is 0 Å². The summed E-state index contributed by atoms with van der Waals surface area (Å²) < 4.78 is 11.3. The Morgan fingerprint density at radius 1 is 1.38 bits per heavy atom. The van der Waals surface area contributed by atoms with Crippen molar-refractivity contribution in [2.75, 3.05) is 26.4 Å². The number of rotatable bonds is 1. The summed E-state index contributed by atoms with van der Waals surface area (Å²) in [7, 11) is 0. The van der Waals surface area contributed by atoms with Crippen LogP contribution in [0.15, 0.2) is 0 Å². The summed E-state index contributed by atoms with van der Waals surface area (Å²) >= 11 is 0. The highest BCUT2D eigenvalue weighted by atomic mass is 16.5. The molecule has 0 aromatic rings. The summed E-state index contributed by atoms with van der Waals surface area (Å²) in [4.78, 5) is 0. The normalized spacial score (nSPS) is 40.8. The summed E-state index contributed by atoms with van der Waals surface area (Å²) in [5.74, 6) is 0.649. The Kier molecular flexibility index (Phi) is 2.86. The van der Waals surface area contributed by atoms with Gasteiger partial charge in [0, 0.05) is 13.2 Å². The molecular weight excluding hydrogens is 166 g/mol. The summed E-state index contributed by atoms with van der Waals surface area (Å²) in [5.41, 5.74) is 5.73. The molecule has 0 aliphatic carbocycles. The minimum atomic E-state index is 0.0283. The average molecular weight is 185 g/mol. The van der Waals surface area contributed by atoms with E-state index < -0.39 is 0 Å². The second kappa shape index (κ2) is 3.95. The van der Waals surface area contributed by atoms with Gasteiger partial charge in [0.25, 0.3) is 0 Å². The van der Waals surface area contributed by atoms with Crippen molar-refractivity contribution in [1.82, 2.24) is 0 Å². The Hall–Kier alpha value is -0.120. The molecule has 0 bridgehead atoms. The molecule has 2 aliphatic heterocycles. The molecule has 2 atom stereocenters. The maximum atomic E-state index is 5.86. The predicted octanol–water partition coefficient (Wildman–Crippen LogP) is 0.921. The maximum Gasteiger partial charge on any atom is 0.0918 e. The number of hydrogen-bond acceptors (Lipinski definition) is 3.